The first-order valence-electron chi connectivity index (χ1n) is 7.33. The van der Waals surface area contributed by atoms with Gasteiger partial charge in [-0.2, -0.15) is 0 Å². The van der Waals surface area contributed by atoms with Gasteiger partial charge in [-0.05, 0) is 18.2 Å². The first-order chi connectivity index (χ1) is 11.5. The lowest BCUT2D eigenvalue weighted by Crippen LogP contribution is -2.42. The lowest BCUT2D eigenvalue weighted by Gasteiger charge is -2.21. The van der Waals surface area contributed by atoms with Gasteiger partial charge in [-0.1, -0.05) is 52.2 Å². The van der Waals surface area contributed by atoms with Gasteiger partial charge in [0.15, 0.2) is 11.4 Å². The summed E-state index contributed by atoms with van der Waals surface area (Å²) in [5.74, 6) is 1.54. The maximum absolute atomic E-state index is 12.7. The maximum Gasteiger partial charge on any atom is 0.265 e. The van der Waals surface area contributed by atoms with E-state index in [0.29, 0.717) is 16.8 Å². The Morgan fingerprint density at radius 2 is 1.88 bits per heavy atom. The van der Waals surface area contributed by atoms with Crippen LogP contribution in [0.2, 0.25) is 0 Å². The molecule has 1 aliphatic heterocycles. The van der Waals surface area contributed by atoms with E-state index in [1.165, 1.54) is 4.90 Å². The molecule has 2 aromatic rings. The molecule has 1 N–H and O–H groups in total. The van der Waals surface area contributed by atoms with Crippen molar-refractivity contribution in [1.29, 1.82) is 0 Å². The number of aliphatic hydroxyl groups is 1. The molecule has 0 aliphatic carbocycles. The van der Waals surface area contributed by atoms with Crippen LogP contribution in [0.25, 0.3) is 0 Å². The van der Waals surface area contributed by atoms with Crippen molar-refractivity contribution in [2.24, 2.45) is 0 Å². The SMILES string of the molecule is C#CCN1C(=O)[C@](O)(CC(=O)c2ccc(Br)cc2)c2ccccc21. The van der Waals surface area contributed by atoms with E-state index >= 15 is 0 Å². The number of carbonyl (C=O) groups excluding carboxylic acids is 2. The van der Waals surface area contributed by atoms with E-state index in [0.717, 1.165) is 4.47 Å². The van der Waals surface area contributed by atoms with E-state index < -0.39 is 11.5 Å². The summed E-state index contributed by atoms with van der Waals surface area (Å²) in [5, 5.41) is 11.0. The van der Waals surface area contributed by atoms with Crippen molar-refractivity contribution in [1.82, 2.24) is 0 Å². The molecule has 0 unspecified atom stereocenters. The zero-order chi connectivity index (χ0) is 17.3. The number of terminal acetylenes is 1. The number of hydrogen-bond donors (Lipinski definition) is 1. The number of anilines is 1. The van der Waals surface area contributed by atoms with Crippen LogP contribution in [0.5, 0.6) is 0 Å². The molecule has 120 valence electrons. The zero-order valence-corrected chi connectivity index (χ0v) is 14.3. The number of ketones is 1. The van der Waals surface area contributed by atoms with Gasteiger partial charge in [0, 0.05) is 15.6 Å². The molecule has 0 aromatic heterocycles. The van der Waals surface area contributed by atoms with Crippen molar-refractivity contribution >= 4 is 33.3 Å². The minimum Gasteiger partial charge on any atom is -0.375 e. The third kappa shape index (κ3) is 2.64. The number of benzene rings is 2. The van der Waals surface area contributed by atoms with Crippen molar-refractivity contribution in [3.05, 3.63) is 64.1 Å². The molecule has 0 saturated heterocycles. The summed E-state index contributed by atoms with van der Waals surface area (Å²) in [4.78, 5) is 26.6. The third-order valence-electron chi connectivity index (χ3n) is 4.07. The molecule has 1 heterocycles. The molecule has 0 spiro atoms. The van der Waals surface area contributed by atoms with Gasteiger partial charge in [0.2, 0.25) is 0 Å². The standard InChI is InChI=1S/C19H14BrNO3/c1-2-11-21-16-6-4-3-5-15(16)19(24,18(21)23)12-17(22)13-7-9-14(20)10-8-13/h1,3-10,24H,11-12H2/t19-/m0/s1. The van der Waals surface area contributed by atoms with Gasteiger partial charge in [0.25, 0.3) is 5.91 Å². The van der Waals surface area contributed by atoms with E-state index in [9.17, 15) is 14.7 Å². The molecule has 0 bridgehead atoms. The number of hydrogen-bond acceptors (Lipinski definition) is 3. The Balaban J connectivity index is 1.97. The predicted molar refractivity (Wildman–Crippen MR) is 94.6 cm³/mol. The van der Waals surface area contributed by atoms with Crippen LogP contribution in [0.4, 0.5) is 5.69 Å². The number of halogens is 1. The number of nitrogens with zero attached hydrogens (tertiary/aromatic N) is 1. The highest BCUT2D eigenvalue weighted by atomic mass is 79.9. The second kappa shape index (κ2) is 6.23. The van der Waals surface area contributed by atoms with E-state index in [-0.39, 0.29) is 18.7 Å². The van der Waals surface area contributed by atoms with E-state index in [4.69, 9.17) is 6.42 Å². The minimum absolute atomic E-state index is 0.0463. The summed E-state index contributed by atoms with van der Waals surface area (Å²) < 4.78 is 0.847. The van der Waals surface area contributed by atoms with Crippen LogP contribution in [0.1, 0.15) is 22.3 Å². The summed E-state index contributed by atoms with van der Waals surface area (Å²) in [7, 11) is 0. The van der Waals surface area contributed by atoms with Gasteiger partial charge < -0.3 is 5.11 Å². The molecule has 4 nitrogen and oxygen atoms in total. The molecule has 24 heavy (non-hydrogen) atoms. The average molecular weight is 384 g/mol. The van der Waals surface area contributed by atoms with Crippen molar-refractivity contribution in [3.8, 4) is 12.3 Å². The molecule has 5 heteroatoms. The molecule has 0 fully saturated rings. The average Bonchev–Trinajstić information content (AvgIpc) is 2.78. The van der Waals surface area contributed by atoms with Gasteiger partial charge in [0.1, 0.15) is 0 Å². The van der Waals surface area contributed by atoms with Crippen molar-refractivity contribution < 1.29 is 14.7 Å². The second-order valence-corrected chi connectivity index (χ2v) is 6.50. The van der Waals surface area contributed by atoms with Crippen LogP contribution in [0.3, 0.4) is 0 Å². The fourth-order valence-electron chi connectivity index (χ4n) is 2.90. The molecule has 2 aromatic carbocycles. The monoisotopic (exact) mass is 383 g/mol. The van der Waals surface area contributed by atoms with Crippen molar-refractivity contribution in [2.45, 2.75) is 12.0 Å². The quantitative estimate of drug-likeness (QED) is 0.652. The maximum atomic E-state index is 12.7. The van der Waals surface area contributed by atoms with Gasteiger partial charge in [-0.3, -0.25) is 14.5 Å². The van der Waals surface area contributed by atoms with Gasteiger partial charge in [0.05, 0.1) is 18.7 Å². The molecule has 3 rings (SSSR count). The topological polar surface area (TPSA) is 57.6 Å². The first-order valence-corrected chi connectivity index (χ1v) is 8.13. The van der Waals surface area contributed by atoms with E-state index in [1.54, 1.807) is 48.5 Å². The lowest BCUT2D eigenvalue weighted by molar-refractivity contribution is -0.135. The molecular formula is C19H14BrNO3. The predicted octanol–water partition coefficient (Wildman–Crippen LogP) is 2.89. The van der Waals surface area contributed by atoms with E-state index in [1.807, 2.05) is 0 Å². The summed E-state index contributed by atoms with van der Waals surface area (Å²) in [6.45, 7) is 0.0463. The number of amides is 1. The minimum atomic E-state index is -1.89. The van der Waals surface area contributed by atoms with Crippen LogP contribution in [-0.4, -0.2) is 23.3 Å². The molecule has 1 atom stereocenters. The van der Waals surface area contributed by atoms with Crippen LogP contribution in [0, 0.1) is 12.3 Å². The highest BCUT2D eigenvalue weighted by molar-refractivity contribution is 9.10. The van der Waals surface area contributed by atoms with Gasteiger partial charge in [-0.15, -0.1) is 6.42 Å². The Kier molecular flexibility index (Phi) is 4.27. The summed E-state index contributed by atoms with van der Waals surface area (Å²) in [6, 6.07) is 13.6. The Morgan fingerprint density at radius 1 is 1.21 bits per heavy atom. The van der Waals surface area contributed by atoms with Gasteiger partial charge >= 0.3 is 0 Å². The van der Waals surface area contributed by atoms with Crippen LogP contribution in [-0.2, 0) is 10.4 Å². The zero-order valence-electron chi connectivity index (χ0n) is 12.7. The smallest absolute Gasteiger partial charge is 0.265 e. The summed E-state index contributed by atoms with van der Waals surface area (Å²) in [6.07, 6.45) is 5.00. The molecule has 0 radical (unpaired) electrons. The number of fused-ring (bicyclic) bond motifs is 1. The Hall–Kier alpha value is -2.42. The van der Waals surface area contributed by atoms with Crippen molar-refractivity contribution in [2.75, 3.05) is 11.4 Å². The normalized spacial score (nSPS) is 19.0. The Bertz CT molecular complexity index is 854. The van der Waals surface area contributed by atoms with Crippen molar-refractivity contribution in [3.63, 3.8) is 0 Å². The third-order valence-corrected chi connectivity index (χ3v) is 4.60. The fraction of sp³-hybridized carbons (Fsp3) is 0.158. The summed E-state index contributed by atoms with van der Waals surface area (Å²) in [5.41, 5.74) is -0.494. The summed E-state index contributed by atoms with van der Waals surface area (Å²) >= 11 is 3.31. The number of carbonyl (C=O) groups is 2. The van der Waals surface area contributed by atoms with Crippen LogP contribution in [0.15, 0.2) is 53.0 Å². The molecule has 0 saturated carbocycles. The number of Topliss-reactive ketones (excluding diaryl/α,β-unsaturated/α-hetero) is 1. The Labute approximate surface area is 148 Å². The lowest BCUT2D eigenvalue weighted by atomic mass is 9.88. The Morgan fingerprint density at radius 3 is 2.54 bits per heavy atom. The molecule has 1 aliphatic rings. The first kappa shape index (κ1) is 16.4. The fourth-order valence-corrected chi connectivity index (χ4v) is 3.16. The molecule has 1 amide bonds. The molecular weight excluding hydrogens is 370 g/mol. The largest absolute Gasteiger partial charge is 0.375 e. The number of para-hydroxylation sites is 1. The highest BCUT2D eigenvalue weighted by Crippen LogP contribution is 2.42. The number of rotatable bonds is 4. The second-order valence-electron chi connectivity index (χ2n) is 5.58. The highest BCUT2D eigenvalue weighted by Gasteiger charge is 2.50. The van der Waals surface area contributed by atoms with E-state index in [2.05, 4.69) is 21.9 Å². The van der Waals surface area contributed by atoms with Gasteiger partial charge in [-0.25, -0.2) is 0 Å². The van der Waals surface area contributed by atoms with Crippen LogP contribution < -0.4 is 4.90 Å². The van der Waals surface area contributed by atoms with Crippen LogP contribution >= 0.6 is 15.9 Å².